The molecule has 1 aromatic rings. The van der Waals surface area contributed by atoms with Crippen LogP contribution in [0.25, 0.3) is 0 Å². The summed E-state index contributed by atoms with van der Waals surface area (Å²) in [5, 5.41) is 0. The maximum absolute atomic E-state index is 6.29. The Labute approximate surface area is 115 Å². The smallest absolute Gasteiger partial charge is 0.122 e. The van der Waals surface area contributed by atoms with Gasteiger partial charge in [0.2, 0.25) is 0 Å². The number of hydrogen-bond acceptors (Lipinski definition) is 4. The average molecular weight is 266 g/mol. The molecule has 2 N–H and O–H groups in total. The van der Waals surface area contributed by atoms with Gasteiger partial charge in [0, 0.05) is 19.2 Å². The quantitative estimate of drug-likeness (QED) is 0.859. The van der Waals surface area contributed by atoms with E-state index in [4.69, 9.17) is 14.9 Å². The molecule has 2 rings (SSSR count). The predicted molar refractivity (Wildman–Crippen MR) is 76.1 cm³/mol. The van der Waals surface area contributed by atoms with Crippen LogP contribution in [0.4, 0.5) is 0 Å². The predicted octanol–water partition coefficient (Wildman–Crippen LogP) is 2.48. The lowest BCUT2D eigenvalue weighted by Crippen LogP contribution is -2.41. The van der Waals surface area contributed by atoms with E-state index in [9.17, 15) is 0 Å². The third kappa shape index (κ3) is 3.59. The summed E-state index contributed by atoms with van der Waals surface area (Å²) in [7, 11) is 2.11. The van der Waals surface area contributed by atoms with Crippen molar-refractivity contribution in [2.75, 3.05) is 20.2 Å². The molecule has 1 aliphatic heterocycles. The van der Waals surface area contributed by atoms with Crippen LogP contribution in [0, 0.1) is 6.92 Å². The number of ether oxygens (including phenoxy) is 1. The number of nitrogens with two attached hydrogens (primary N) is 1. The minimum Gasteiger partial charge on any atom is -0.465 e. The molecule has 2 heterocycles. The van der Waals surface area contributed by atoms with E-state index in [1.807, 2.05) is 19.1 Å². The molecule has 1 fully saturated rings. The molecule has 108 valence electrons. The van der Waals surface area contributed by atoms with Gasteiger partial charge in [0.1, 0.15) is 11.5 Å². The highest BCUT2D eigenvalue weighted by atomic mass is 16.5. The van der Waals surface area contributed by atoms with Gasteiger partial charge < -0.3 is 14.9 Å². The van der Waals surface area contributed by atoms with Gasteiger partial charge in [-0.2, -0.15) is 0 Å². The Morgan fingerprint density at radius 3 is 2.79 bits per heavy atom. The number of nitrogens with zero attached hydrogens (tertiary/aromatic N) is 1. The van der Waals surface area contributed by atoms with E-state index >= 15 is 0 Å². The highest BCUT2D eigenvalue weighted by molar-refractivity contribution is 5.12. The van der Waals surface area contributed by atoms with E-state index in [0.717, 1.165) is 37.5 Å². The van der Waals surface area contributed by atoms with Gasteiger partial charge in [-0.25, -0.2) is 0 Å². The zero-order valence-electron chi connectivity index (χ0n) is 12.3. The van der Waals surface area contributed by atoms with Gasteiger partial charge in [0.05, 0.1) is 12.1 Å². The molecule has 0 spiro atoms. The lowest BCUT2D eigenvalue weighted by Gasteiger charge is -2.32. The second-order valence-electron chi connectivity index (χ2n) is 5.54. The van der Waals surface area contributed by atoms with Crippen LogP contribution in [0.3, 0.4) is 0 Å². The Bertz CT molecular complexity index is 385. The van der Waals surface area contributed by atoms with Gasteiger partial charge in [0.15, 0.2) is 0 Å². The van der Waals surface area contributed by atoms with E-state index in [-0.39, 0.29) is 12.1 Å². The molecule has 19 heavy (non-hydrogen) atoms. The van der Waals surface area contributed by atoms with Crippen LogP contribution < -0.4 is 5.73 Å². The topological polar surface area (TPSA) is 51.6 Å². The van der Waals surface area contributed by atoms with E-state index in [1.165, 1.54) is 6.42 Å². The highest BCUT2D eigenvalue weighted by Gasteiger charge is 2.28. The van der Waals surface area contributed by atoms with Gasteiger partial charge in [-0.3, -0.25) is 4.90 Å². The van der Waals surface area contributed by atoms with Gasteiger partial charge in [-0.05, 0) is 45.4 Å². The minimum absolute atomic E-state index is 0.0805. The molecule has 1 aromatic heterocycles. The maximum atomic E-state index is 6.29. The summed E-state index contributed by atoms with van der Waals surface area (Å²) in [6, 6.07) is 4.26. The van der Waals surface area contributed by atoms with Gasteiger partial charge in [-0.15, -0.1) is 0 Å². The summed E-state index contributed by atoms with van der Waals surface area (Å²) in [5.74, 6) is 1.90. The zero-order valence-corrected chi connectivity index (χ0v) is 12.3. The van der Waals surface area contributed by atoms with E-state index < -0.39 is 0 Å². The molecule has 0 radical (unpaired) electrons. The molecule has 0 amide bonds. The van der Waals surface area contributed by atoms with Crippen LogP contribution in [0.1, 0.15) is 43.7 Å². The average Bonchev–Trinajstić information content (AvgIpc) is 3.01. The fraction of sp³-hybridized carbons (Fsp3) is 0.733. The van der Waals surface area contributed by atoms with Crippen molar-refractivity contribution in [1.82, 2.24) is 4.90 Å². The van der Waals surface area contributed by atoms with Crippen molar-refractivity contribution in [1.29, 1.82) is 0 Å². The van der Waals surface area contributed by atoms with E-state index in [1.54, 1.807) is 0 Å². The molecule has 0 aromatic carbocycles. The van der Waals surface area contributed by atoms with Crippen molar-refractivity contribution >= 4 is 0 Å². The second-order valence-corrected chi connectivity index (χ2v) is 5.54. The van der Waals surface area contributed by atoms with Gasteiger partial charge >= 0.3 is 0 Å². The fourth-order valence-corrected chi connectivity index (χ4v) is 2.81. The lowest BCUT2D eigenvalue weighted by atomic mass is 10.0. The highest BCUT2D eigenvalue weighted by Crippen LogP contribution is 2.27. The number of furan rings is 1. The molecular weight excluding hydrogens is 240 g/mol. The minimum atomic E-state index is 0.0805. The number of rotatable bonds is 6. The first-order valence-corrected chi connectivity index (χ1v) is 7.25. The molecule has 4 heteroatoms. The van der Waals surface area contributed by atoms with Crippen LogP contribution in [-0.2, 0) is 4.74 Å². The largest absolute Gasteiger partial charge is 0.465 e. The molecule has 0 saturated carbocycles. The Kier molecular flexibility index (Phi) is 5.02. The first-order valence-electron chi connectivity index (χ1n) is 7.25. The van der Waals surface area contributed by atoms with Crippen molar-refractivity contribution in [2.24, 2.45) is 5.73 Å². The molecule has 0 bridgehead atoms. The summed E-state index contributed by atoms with van der Waals surface area (Å²) in [5.41, 5.74) is 6.29. The first-order chi connectivity index (χ1) is 9.11. The third-order valence-electron chi connectivity index (χ3n) is 3.92. The standard InChI is InChI=1S/C15H26N2O2/c1-4-13(16)15(14-8-7-11(2)19-14)17(3)10-12-6-5-9-18-12/h7-8,12-13,15H,4-6,9-10,16H2,1-3H3. The monoisotopic (exact) mass is 266 g/mol. The molecule has 1 saturated heterocycles. The van der Waals surface area contributed by atoms with Crippen LogP contribution in [0.5, 0.6) is 0 Å². The molecule has 0 aliphatic carbocycles. The normalized spacial score (nSPS) is 22.9. The Balaban J connectivity index is 2.07. The summed E-state index contributed by atoms with van der Waals surface area (Å²) in [6.45, 7) is 5.90. The molecule has 1 aliphatic rings. The molecule has 4 nitrogen and oxygen atoms in total. The van der Waals surface area contributed by atoms with Crippen LogP contribution >= 0.6 is 0 Å². The summed E-state index contributed by atoms with van der Waals surface area (Å²) < 4.78 is 11.5. The van der Waals surface area contributed by atoms with Crippen LogP contribution in [0.15, 0.2) is 16.5 Å². The molecule has 3 atom stereocenters. The summed E-state index contributed by atoms with van der Waals surface area (Å²) >= 11 is 0. The number of aryl methyl sites for hydroxylation is 1. The van der Waals surface area contributed by atoms with Crippen molar-refractivity contribution in [3.05, 3.63) is 23.7 Å². The van der Waals surface area contributed by atoms with Crippen molar-refractivity contribution in [3.8, 4) is 0 Å². The zero-order chi connectivity index (χ0) is 13.8. The van der Waals surface area contributed by atoms with E-state index in [2.05, 4.69) is 18.9 Å². The SMILES string of the molecule is CCC(N)C(c1ccc(C)o1)N(C)CC1CCCO1. The van der Waals surface area contributed by atoms with Crippen LogP contribution in [-0.4, -0.2) is 37.2 Å². The summed E-state index contributed by atoms with van der Waals surface area (Å²) in [4.78, 5) is 2.28. The lowest BCUT2D eigenvalue weighted by molar-refractivity contribution is 0.0583. The number of likely N-dealkylation sites (N-methyl/N-ethyl adjacent to an activating group) is 1. The second kappa shape index (κ2) is 6.55. The third-order valence-corrected chi connectivity index (χ3v) is 3.92. The molecule has 3 unspecified atom stereocenters. The fourth-order valence-electron chi connectivity index (χ4n) is 2.81. The van der Waals surface area contributed by atoms with Gasteiger partial charge in [-0.1, -0.05) is 6.92 Å². The van der Waals surface area contributed by atoms with Crippen LogP contribution in [0.2, 0.25) is 0 Å². The van der Waals surface area contributed by atoms with E-state index in [0.29, 0.717) is 6.10 Å². The Hall–Kier alpha value is -0.840. The number of hydrogen-bond donors (Lipinski definition) is 1. The molecular formula is C15H26N2O2. The Morgan fingerprint density at radius 1 is 1.47 bits per heavy atom. The van der Waals surface area contributed by atoms with Crippen molar-refractivity contribution in [2.45, 2.75) is 51.3 Å². The van der Waals surface area contributed by atoms with Gasteiger partial charge in [0.25, 0.3) is 0 Å². The van der Waals surface area contributed by atoms with Crippen molar-refractivity contribution in [3.63, 3.8) is 0 Å². The van der Waals surface area contributed by atoms with Crippen molar-refractivity contribution < 1.29 is 9.15 Å². The first kappa shape index (κ1) is 14.6. The summed E-state index contributed by atoms with van der Waals surface area (Å²) in [6.07, 6.45) is 3.59. The Morgan fingerprint density at radius 2 is 2.26 bits per heavy atom. The maximum Gasteiger partial charge on any atom is 0.122 e.